The summed E-state index contributed by atoms with van der Waals surface area (Å²) in [6.07, 6.45) is 0.387. The second-order valence-corrected chi connectivity index (χ2v) is 4.85. The summed E-state index contributed by atoms with van der Waals surface area (Å²) >= 11 is 0. The maximum absolute atomic E-state index is 5.91. The lowest BCUT2D eigenvalue weighted by molar-refractivity contribution is 0.0522. The average molecular weight is 219 g/mol. The van der Waals surface area contributed by atoms with Gasteiger partial charge >= 0.3 is 0 Å². The summed E-state index contributed by atoms with van der Waals surface area (Å²) in [6.45, 7) is 11.7. The van der Waals surface area contributed by atoms with Gasteiger partial charge in [0.2, 0.25) is 0 Å². The minimum absolute atomic E-state index is 0.171. The molecule has 1 aliphatic heterocycles. The van der Waals surface area contributed by atoms with Gasteiger partial charge in [-0.3, -0.25) is 5.32 Å². The first-order chi connectivity index (χ1) is 7.50. The Hall–Kier alpha value is -0.860. The Bertz CT molecular complexity index is 385. The zero-order valence-electron chi connectivity index (χ0n) is 10.8. The Morgan fingerprint density at radius 2 is 1.69 bits per heavy atom. The van der Waals surface area contributed by atoms with E-state index in [1.807, 2.05) is 0 Å². The molecule has 2 rings (SSSR count). The van der Waals surface area contributed by atoms with Crippen LogP contribution in [0.5, 0.6) is 0 Å². The number of nitrogens with one attached hydrogen (secondary N) is 1. The molecular weight excluding hydrogens is 198 g/mol. The van der Waals surface area contributed by atoms with Gasteiger partial charge in [-0.05, 0) is 62.4 Å². The third-order valence-corrected chi connectivity index (χ3v) is 3.71. The summed E-state index contributed by atoms with van der Waals surface area (Å²) in [7, 11) is 0. The fourth-order valence-corrected chi connectivity index (χ4v) is 2.52. The highest BCUT2D eigenvalue weighted by atomic mass is 16.5. The first-order valence-electron chi connectivity index (χ1n) is 5.97. The standard InChI is InChI=1S/C14H21NO/c1-8-6-9(2)11(4)14(10(8)3)13-7-15-12(5)16-13/h6,12-13,15H,7H2,1-5H3. The number of aryl methyl sites for hydroxylation is 2. The molecule has 1 aliphatic rings. The molecule has 0 bridgehead atoms. The first kappa shape index (κ1) is 11.6. The van der Waals surface area contributed by atoms with E-state index >= 15 is 0 Å². The fourth-order valence-electron chi connectivity index (χ4n) is 2.52. The molecule has 2 heteroatoms. The van der Waals surface area contributed by atoms with Crippen LogP contribution >= 0.6 is 0 Å². The van der Waals surface area contributed by atoms with Crippen LogP contribution in [0, 0.1) is 27.7 Å². The van der Waals surface area contributed by atoms with E-state index in [0.717, 1.165) is 6.54 Å². The van der Waals surface area contributed by atoms with E-state index in [4.69, 9.17) is 4.74 Å². The van der Waals surface area contributed by atoms with Crippen LogP contribution in [0.15, 0.2) is 6.07 Å². The Morgan fingerprint density at radius 3 is 2.12 bits per heavy atom. The van der Waals surface area contributed by atoms with Crippen LogP contribution in [0.4, 0.5) is 0 Å². The van der Waals surface area contributed by atoms with E-state index in [9.17, 15) is 0 Å². The molecule has 2 atom stereocenters. The van der Waals surface area contributed by atoms with Gasteiger partial charge in [-0.25, -0.2) is 0 Å². The Morgan fingerprint density at radius 1 is 1.12 bits per heavy atom. The Kier molecular flexibility index (Phi) is 3.04. The highest BCUT2D eigenvalue weighted by molar-refractivity contribution is 5.45. The lowest BCUT2D eigenvalue weighted by Gasteiger charge is -2.20. The number of ether oxygens (including phenoxy) is 1. The molecule has 0 saturated carbocycles. The molecule has 1 saturated heterocycles. The smallest absolute Gasteiger partial charge is 0.106 e. The van der Waals surface area contributed by atoms with Crippen molar-refractivity contribution >= 4 is 0 Å². The van der Waals surface area contributed by atoms with Crippen LogP contribution in [0.3, 0.4) is 0 Å². The van der Waals surface area contributed by atoms with Crippen molar-refractivity contribution in [2.45, 2.75) is 47.0 Å². The zero-order valence-corrected chi connectivity index (χ0v) is 10.8. The third kappa shape index (κ3) is 1.87. The van der Waals surface area contributed by atoms with Crippen molar-refractivity contribution in [3.63, 3.8) is 0 Å². The van der Waals surface area contributed by atoms with Crippen LogP contribution in [-0.4, -0.2) is 12.8 Å². The molecule has 88 valence electrons. The van der Waals surface area contributed by atoms with E-state index in [1.54, 1.807) is 0 Å². The van der Waals surface area contributed by atoms with Gasteiger partial charge in [0.15, 0.2) is 0 Å². The van der Waals surface area contributed by atoms with E-state index in [0.29, 0.717) is 0 Å². The molecule has 1 aromatic carbocycles. The summed E-state index contributed by atoms with van der Waals surface area (Å²) in [5.74, 6) is 0. The van der Waals surface area contributed by atoms with Gasteiger partial charge in [0.05, 0.1) is 6.10 Å². The lowest BCUT2D eigenvalue weighted by Crippen LogP contribution is -2.17. The number of hydrogen-bond donors (Lipinski definition) is 1. The summed E-state index contributed by atoms with van der Waals surface area (Å²) in [6, 6.07) is 2.26. The van der Waals surface area contributed by atoms with Gasteiger partial charge in [0.25, 0.3) is 0 Å². The fraction of sp³-hybridized carbons (Fsp3) is 0.571. The average Bonchev–Trinajstić information content (AvgIpc) is 2.62. The molecule has 0 radical (unpaired) electrons. The van der Waals surface area contributed by atoms with E-state index in [-0.39, 0.29) is 12.3 Å². The van der Waals surface area contributed by atoms with Crippen molar-refractivity contribution < 1.29 is 4.74 Å². The van der Waals surface area contributed by atoms with Crippen LogP contribution in [0.2, 0.25) is 0 Å². The van der Waals surface area contributed by atoms with E-state index in [1.165, 1.54) is 27.8 Å². The first-order valence-corrected chi connectivity index (χ1v) is 5.97. The summed E-state index contributed by atoms with van der Waals surface area (Å²) in [5, 5.41) is 3.34. The maximum atomic E-state index is 5.91. The zero-order chi connectivity index (χ0) is 11.9. The summed E-state index contributed by atoms with van der Waals surface area (Å²) < 4.78 is 5.91. The number of rotatable bonds is 1. The summed E-state index contributed by atoms with van der Waals surface area (Å²) in [4.78, 5) is 0. The highest BCUT2D eigenvalue weighted by Crippen LogP contribution is 2.31. The van der Waals surface area contributed by atoms with Gasteiger partial charge in [-0.2, -0.15) is 0 Å². The molecule has 0 spiro atoms. The van der Waals surface area contributed by atoms with Crippen molar-refractivity contribution in [1.82, 2.24) is 5.32 Å². The minimum atomic E-state index is 0.171. The number of hydrogen-bond acceptors (Lipinski definition) is 2. The van der Waals surface area contributed by atoms with Crippen LogP contribution in [0.25, 0.3) is 0 Å². The van der Waals surface area contributed by atoms with E-state index < -0.39 is 0 Å². The molecule has 2 unspecified atom stereocenters. The molecular formula is C14H21NO. The van der Waals surface area contributed by atoms with Gasteiger partial charge < -0.3 is 4.74 Å². The Balaban J connectivity index is 2.47. The predicted octanol–water partition coefficient (Wildman–Crippen LogP) is 2.93. The van der Waals surface area contributed by atoms with Crippen molar-refractivity contribution in [2.75, 3.05) is 6.54 Å². The van der Waals surface area contributed by atoms with Crippen LogP contribution in [-0.2, 0) is 4.74 Å². The van der Waals surface area contributed by atoms with Crippen molar-refractivity contribution in [3.05, 3.63) is 33.9 Å². The maximum Gasteiger partial charge on any atom is 0.106 e. The topological polar surface area (TPSA) is 21.3 Å². The van der Waals surface area contributed by atoms with Crippen molar-refractivity contribution in [2.24, 2.45) is 0 Å². The summed E-state index contributed by atoms with van der Waals surface area (Å²) in [5.41, 5.74) is 6.87. The second-order valence-electron chi connectivity index (χ2n) is 4.85. The monoisotopic (exact) mass is 219 g/mol. The molecule has 1 N–H and O–H groups in total. The lowest BCUT2D eigenvalue weighted by atomic mass is 9.91. The molecule has 1 aromatic rings. The Labute approximate surface area is 98.0 Å². The van der Waals surface area contributed by atoms with Gasteiger partial charge in [-0.1, -0.05) is 6.07 Å². The van der Waals surface area contributed by atoms with Crippen molar-refractivity contribution in [3.8, 4) is 0 Å². The van der Waals surface area contributed by atoms with Gasteiger partial charge in [0.1, 0.15) is 6.23 Å². The van der Waals surface area contributed by atoms with Crippen LogP contribution in [0.1, 0.15) is 40.8 Å². The third-order valence-electron chi connectivity index (χ3n) is 3.71. The minimum Gasteiger partial charge on any atom is -0.354 e. The molecule has 0 aliphatic carbocycles. The molecule has 0 aromatic heterocycles. The number of benzene rings is 1. The molecule has 2 nitrogen and oxygen atoms in total. The molecule has 16 heavy (non-hydrogen) atoms. The largest absolute Gasteiger partial charge is 0.354 e. The van der Waals surface area contributed by atoms with Gasteiger partial charge in [0, 0.05) is 6.54 Å². The van der Waals surface area contributed by atoms with Crippen LogP contribution < -0.4 is 5.32 Å². The molecule has 0 amide bonds. The van der Waals surface area contributed by atoms with Gasteiger partial charge in [-0.15, -0.1) is 0 Å². The van der Waals surface area contributed by atoms with E-state index in [2.05, 4.69) is 46.0 Å². The molecule has 1 heterocycles. The highest BCUT2D eigenvalue weighted by Gasteiger charge is 2.26. The normalized spacial score (nSPS) is 25.1. The van der Waals surface area contributed by atoms with Crippen molar-refractivity contribution in [1.29, 1.82) is 0 Å². The predicted molar refractivity (Wildman–Crippen MR) is 66.7 cm³/mol. The quantitative estimate of drug-likeness (QED) is 0.784. The SMILES string of the molecule is Cc1cc(C)c(C)c(C2CNC(C)O2)c1C. The molecule has 1 fully saturated rings. The second kappa shape index (κ2) is 4.19.